The molecule has 0 spiro atoms. The molecule has 128 valence electrons. The minimum absolute atomic E-state index is 0.264. The van der Waals surface area contributed by atoms with Crippen LogP contribution in [0.3, 0.4) is 0 Å². The van der Waals surface area contributed by atoms with Crippen LogP contribution in [-0.4, -0.2) is 24.8 Å². The fraction of sp³-hybridized carbons (Fsp3) is 0.111. The molecule has 1 heterocycles. The monoisotopic (exact) mass is 418 g/mol. The number of benzene rings is 2. The Bertz CT molecular complexity index is 1040. The predicted molar refractivity (Wildman–Crippen MR) is 99.7 cm³/mol. The quantitative estimate of drug-likeness (QED) is 0.595. The molecule has 3 aromatic rings. The highest BCUT2D eigenvalue weighted by Crippen LogP contribution is 2.27. The lowest BCUT2D eigenvalue weighted by Gasteiger charge is -2.06. The summed E-state index contributed by atoms with van der Waals surface area (Å²) in [5.41, 5.74) is 2.46. The first-order valence-corrected chi connectivity index (χ1v) is 10.1. The molecule has 5 nitrogen and oxygen atoms in total. The molecular weight excluding hydrogens is 404 g/mol. The summed E-state index contributed by atoms with van der Waals surface area (Å²) in [7, 11) is -3.25. The molecule has 0 fully saturated rings. The summed E-state index contributed by atoms with van der Waals surface area (Å²) in [4.78, 5) is 4.56. The predicted octanol–water partition coefficient (Wildman–Crippen LogP) is 4.13. The van der Waals surface area contributed by atoms with Gasteiger partial charge in [-0.25, -0.2) is 8.42 Å². The van der Waals surface area contributed by atoms with Crippen LogP contribution in [0.5, 0.6) is 0 Å². The molecule has 7 heteroatoms. The van der Waals surface area contributed by atoms with E-state index in [1.54, 1.807) is 31.2 Å². The van der Waals surface area contributed by atoms with Gasteiger partial charge in [-0.15, -0.1) is 0 Å². The maximum atomic E-state index is 11.7. The number of aromatic nitrogens is 2. The number of hydrogen-bond acceptors (Lipinski definition) is 5. The van der Waals surface area contributed by atoms with E-state index < -0.39 is 9.84 Å². The zero-order valence-corrected chi connectivity index (χ0v) is 16.0. The molecule has 0 radical (unpaired) electrons. The molecule has 0 saturated heterocycles. The Kier molecular flexibility index (Phi) is 4.87. The van der Waals surface area contributed by atoms with Crippen LogP contribution in [0.2, 0.25) is 0 Å². The SMILES string of the molecule is Cc1noc(/C(=C/c2cccc(Br)c2)c2ccc(S(C)(=O)=O)cc2)n1. The highest BCUT2D eigenvalue weighted by molar-refractivity contribution is 9.10. The second-order valence-electron chi connectivity index (χ2n) is 5.56. The smallest absolute Gasteiger partial charge is 0.258 e. The maximum absolute atomic E-state index is 11.7. The molecule has 0 saturated carbocycles. The van der Waals surface area contributed by atoms with Gasteiger partial charge in [0.1, 0.15) is 0 Å². The molecule has 0 N–H and O–H groups in total. The van der Waals surface area contributed by atoms with E-state index in [-0.39, 0.29) is 4.90 Å². The van der Waals surface area contributed by atoms with Crippen molar-refractivity contribution in [1.82, 2.24) is 10.1 Å². The molecule has 25 heavy (non-hydrogen) atoms. The van der Waals surface area contributed by atoms with Gasteiger partial charge in [0.15, 0.2) is 15.7 Å². The largest absolute Gasteiger partial charge is 0.334 e. The van der Waals surface area contributed by atoms with Crippen molar-refractivity contribution < 1.29 is 12.9 Å². The van der Waals surface area contributed by atoms with Gasteiger partial charge in [0, 0.05) is 16.3 Å². The summed E-state index contributed by atoms with van der Waals surface area (Å²) in [6.45, 7) is 1.75. The molecule has 0 aliphatic heterocycles. The molecule has 3 rings (SSSR count). The van der Waals surface area contributed by atoms with E-state index in [0.717, 1.165) is 21.2 Å². The van der Waals surface area contributed by atoms with Crippen molar-refractivity contribution >= 4 is 37.4 Å². The van der Waals surface area contributed by atoms with Crippen molar-refractivity contribution in [2.45, 2.75) is 11.8 Å². The highest BCUT2D eigenvalue weighted by Gasteiger charge is 2.14. The summed E-state index contributed by atoms with van der Waals surface area (Å²) in [5, 5.41) is 3.85. The van der Waals surface area contributed by atoms with Gasteiger partial charge in [-0.2, -0.15) is 4.98 Å². The lowest BCUT2D eigenvalue weighted by molar-refractivity contribution is 0.403. The first kappa shape index (κ1) is 17.6. The van der Waals surface area contributed by atoms with Gasteiger partial charge >= 0.3 is 0 Å². The summed E-state index contributed by atoms with van der Waals surface area (Å²) in [6, 6.07) is 14.4. The normalized spacial score (nSPS) is 12.4. The van der Waals surface area contributed by atoms with E-state index in [2.05, 4.69) is 26.1 Å². The fourth-order valence-electron chi connectivity index (χ4n) is 2.32. The van der Waals surface area contributed by atoms with Crippen LogP contribution in [-0.2, 0) is 9.84 Å². The molecule has 0 aliphatic carbocycles. The first-order chi connectivity index (χ1) is 11.8. The van der Waals surface area contributed by atoms with Crippen molar-refractivity contribution in [3.63, 3.8) is 0 Å². The third-order valence-corrected chi connectivity index (χ3v) is 5.13. The van der Waals surface area contributed by atoms with Gasteiger partial charge in [-0.1, -0.05) is 45.4 Å². The van der Waals surface area contributed by atoms with Crippen LogP contribution in [0.25, 0.3) is 11.6 Å². The van der Waals surface area contributed by atoms with E-state index in [1.165, 1.54) is 6.26 Å². The number of sulfone groups is 1. The lowest BCUT2D eigenvalue weighted by Crippen LogP contribution is -1.97. The molecule has 1 aromatic heterocycles. The Morgan fingerprint density at radius 3 is 2.44 bits per heavy atom. The van der Waals surface area contributed by atoms with Crippen molar-refractivity contribution in [2.24, 2.45) is 0 Å². The van der Waals surface area contributed by atoms with Gasteiger partial charge in [0.2, 0.25) is 0 Å². The Morgan fingerprint density at radius 1 is 1.16 bits per heavy atom. The van der Waals surface area contributed by atoms with Crippen molar-refractivity contribution in [3.05, 3.63) is 75.8 Å². The Labute approximate surface area is 154 Å². The minimum Gasteiger partial charge on any atom is -0.334 e. The van der Waals surface area contributed by atoms with E-state index in [1.807, 2.05) is 30.3 Å². The number of halogens is 1. The van der Waals surface area contributed by atoms with Gasteiger partial charge < -0.3 is 4.52 Å². The van der Waals surface area contributed by atoms with E-state index >= 15 is 0 Å². The van der Waals surface area contributed by atoms with Gasteiger partial charge in [0.05, 0.1) is 4.90 Å². The molecule has 0 unspecified atom stereocenters. The van der Waals surface area contributed by atoms with Crippen molar-refractivity contribution in [1.29, 1.82) is 0 Å². The van der Waals surface area contributed by atoms with E-state index in [4.69, 9.17) is 4.52 Å². The molecule has 0 bridgehead atoms. The Hall–Kier alpha value is -2.25. The summed E-state index contributed by atoms with van der Waals surface area (Å²) in [6.07, 6.45) is 3.11. The Morgan fingerprint density at radius 2 is 1.88 bits per heavy atom. The number of rotatable bonds is 4. The average molecular weight is 419 g/mol. The molecule has 0 atom stereocenters. The second kappa shape index (κ2) is 6.93. The number of aryl methyl sites for hydroxylation is 1. The first-order valence-electron chi connectivity index (χ1n) is 7.41. The summed E-state index contributed by atoms with van der Waals surface area (Å²) < 4.78 is 29.6. The zero-order valence-electron chi connectivity index (χ0n) is 13.6. The van der Waals surface area contributed by atoms with Crippen LogP contribution in [0.4, 0.5) is 0 Å². The average Bonchev–Trinajstić information content (AvgIpc) is 2.98. The van der Waals surface area contributed by atoms with Crippen LogP contribution >= 0.6 is 15.9 Å². The maximum Gasteiger partial charge on any atom is 0.258 e. The Balaban J connectivity index is 2.12. The standard InChI is InChI=1S/C18H15BrN2O3S/c1-12-20-18(24-21-12)17(11-13-4-3-5-15(19)10-13)14-6-8-16(9-7-14)25(2,22)23/h3-11H,1-2H3/b17-11+. The summed E-state index contributed by atoms with van der Waals surface area (Å²) in [5.74, 6) is 0.910. The van der Waals surface area contributed by atoms with Crippen LogP contribution < -0.4 is 0 Å². The van der Waals surface area contributed by atoms with Gasteiger partial charge in [-0.3, -0.25) is 0 Å². The third kappa shape index (κ3) is 4.24. The second-order valence-corrected chi connectivity index (χ2v) is 8.49. The molecule has 2 aromatic carbocycles. The van der Waals surface area contributed by atoms with E-state index in [0.29, 0.717) is 11.7 Å². The zero-order chi connectivity index (χ0) is 18.0. The van der Waals surface area contributed by atoms with Gasteiger partial charge in [-0.05, 0) is 48.4 Å². The van der Waals surface area contributed by atoms with Crippen molar-refractivity contribution in [3.8, 4) is 0 Å². The summed E-state index contributed by atoms with van der Waals surface area (Å²) >= 11 is 3.45. The molecule has 0 amide bonds. The van der Waals surface area contributed by atoms with Crippen LogP contribution in [0.1, 0.15) is 22.8 Å². The minimum atomic E-state index is -3.25. The molecule has 0 aliphatic rings. The highest BCUT2D eigenvalue weighted by atomic mass is 79.9. The number of nitrogens with zero attached hydrogens (tertiary/aromatic N) is 2. The molecular formula is C18H15BrN2O3S. The third-order valence-electron chi connectivity index (χ3n) is 3.51. The fourth-order valence-corrected chi connectivity index (χ4v) is 3.37. The van der Waals surface area contributed by atoms with Crippen LogP contribution in [0.15, 0.2) is 62.4 Å². The number of hydrogen-bond donors (Lipinski definition) is 0. The van der Waals surface area contributed by atoms with Crippen molar-refractivity contribution in [2.75, 3.05) is 6.26 Å². The van der Waals surface area contributed by atoms with Gasteiger partial charge in [0.25, 0.3) is 5.89 Å². The topological polar surface area (TPSA) is 73.1 Å². The van der Waals surface area contributed by atoms with E-state index in [9.17, 15) is 8.42 Å². The lowest BCUT2D eigenvalue weighted by atomic mass is 10.0. The van der Waals surface area contributed by atoms with Crippen LogP contribution in [0, 0.1) is 6.92 Å².